The smallest absolute Gasteiger partial charge is 0.145 e. The predicted octanol–water partition coefficient (Wildman–Crippen LogP) is 20.6. The molecular weight excluding hydrogens is 1040 g/mol. The lowest BCUT2D eigenvalue weighted by Crippen LogP contribution is -2.00. The molecule has 16 rings (SSSR count). The van der Waals surface area contributed by atoms with Gasteiger partial charge in [-0.25, -0.2) is 9.97 Å². The number of hydrogen-bond acceptors (Lipinski definition) is 2. The van der Waals surface area contributed by atoms with Crippen LogP contribution < -0.4 is 0 Å². The summed E-state index contributed by atoms with van der Waals surface area (Å²) in [4.78, 5) is 11.6. The summed E-state index contributed by atoms with van der Waals surface area (Å²) in [5.41, 5.74) is 22.0. The van der Waals surface area contributed by atoms with Crippen LogP contribution in [0.5, 0.6) is 0 Å². The van der Waals surface area contributed by atoms with Gasteiger partial charge in [0.1, 0.15) is 11.6 Å². The van der Waals surface area contributed by atoms with Crippen molar-refractivity contribution in [3.05, 3.63) is 372 Å². The van der Waals surface area contributed by atoms with Gasteiger partial charge >= 0.3 is 0 Å². The maximum atomic E-state index is 5.79. The minimum atomic E-state index is 0.873. The first-order chi connectivity index (χ1) is 42.7. The van der Waals surface area contributed by atoms with Crippen molar-refractivity contribution >= 4 is 76.7 Å². The third-order valence-corrected chi connectivity index (χ3v) is 16.9. The highest BCUT2D eigenvalue weighted by Gasteiger charge is 2.28. The van der Waals surface area contributed by atoms with E-state index in [0.717, 1.165) is 128 Å². The number of fused-ring (bicyclic) bond motifs is 6. The van der Waals surface area contributed by atoms with Crippen molar-refractivity contribution in [1.82, 2.24) is 19.1 Å². The molecule has 402 valence electrons. The maximum absolute atomic E-state index is 5.79. The van der Waals surface area contributed by atoms with Crippen LogP contribution in [-0.4, -0.2) is 19.1 Å². The summed E-state index contributed by atoms with van der Waals surface area (Å²) in [6.07, 6.45) is 0. The molecule has 0 N–H and O–H groups in total. The lowest BCUT2D eigenvalue weighted by Gasteiger charge is -2.19. The van der Waals surface area contributed by atoms with E-state index in [1.54, 1.807) is 0 Å². The zero-order valence-corrected chi connectivity index (χ0v) is 47.0. The number of aromatic nitrogens is 4. The van der Waals surface area contributed by atoms with E-state index in [4.69, 9.17) is 9.97 Å². The molecule has 0 atom stereocenters. The Morgan fingerprint density at radius 2 is 0.442 bits per heavy atom. The molecule has 16 aromatic rings. The number of para-hydroxylation sites is 2. The highest BCUT2D eigenvalue weighted by molar-refractivity contribution is 6.39. The molecule has 4 nitrogen and oxygen atoms in total. The molecular formula is C82H54N4. The van der Waals surface area contributed by atoms with E-state index in [9.17, 15) is 0 Å². The fourth-order valence-corrected chi connectivity index (χ4v) is 13.2. The third kappa shape index (κ3) is 8.54. The monoisotopic (exact) mass is 1090 g/mol. The fourth-order valence-electron chi connectivity index (χ4n) is 13.2. The van der Waals surface area contributed by atoms with Gasteiger partial charge in [0, 0.05) is 54.8 Å². The van der Waals surface area contributed by atoms with Gasteiger partial charge in [0.05, 0.1) is 22.1 Å². The number of nitrogens with zero attached hydrogens (tertiary/aromatic N) is 4. The molecule has 0 fully saturated rings. The molecule has 0 aliphatic rings. The predicted molar refractivity (Wildman–Crippen MR) is 359 cm³/mol. The second-order valence-electron chi connectivity index (χ2n) is 21.9. The minimum absolute atomic E-state index is 0.873. The highest BCUT2D eigenvalue weighted by atomic mass is 15.1. The van der Waals surface area contributed by atoms with Gasteiger partial charge in [-0.2, -0.15) is 0 Å². The normalized spacial score (nSPS) is 11.5. The molecule has 0 amide bonds. The van der Waals surface area contributed by atoms with Crippen LogP contribution in [0.15, 0.2) is 328 Å². The Morgan fingerprint density at radius 1 is 0.209 bits per heavy atom. The lowest BCUT2D eigenvalue weighted by atomic mass is 9.85. The molecule has 0 aliphatic heterocycles. The van der Waals surface area contributed by atoms with Gasteiger partial charge in [-0.3, -0.25) is 9.13 Å². The number of benzene rings is 14. The third-order valence-electron chi connectivity index (χ3n) is 16.9. The molecule has 4 heteroatoms. The average Bonchev–Trinajstić information content (AvgIpc) is 1.55. The van der Waals surface area contributed by atoms with E-state index in [0.29, 0.717) is 0 Å². The summed E-state index contributed by atoms with van der Waals surface area (Å²) < 4.78 is 4.78. The summed E-state index contributed by atoms with van der Waals surface area (Å²) in [5, 5.41) is 6.80. The van der Waals surface area contributed by atoms with Gasteiger partial charge in [-0.1, -0.05) is 303 Å². The van der Waals surface area contributed by atoms with Gasteiger partial charge in [0.2, 0.25) is 0 Å². The number of rotatable bonds is 12. The fraction of sp³-hybridized carbons (Fsp3) is 0. The van der Waals surface area contributed by atoms with Crippen molar-refractivity contribution < 1.29 is 0 Å². The number of imidazole rings is 2. The van der Waals surface area contributed by atoms with Crippen LogP contribution in [0.1, 0.15) is 44.5 Å². The van der Waals surface area contributed by atoms with Crippen molar-refractivity contribution in [3.8, 4) is 34.2 Å². The van der Waals surface area contributed by atoms with Crippen LogP contribution in [0.4, 0.5) is 0 Å². The topological polar surface area (TPSA) is 35.6 Å². The number of hydrogen-bond donors (Lipinski definition) is 0. The molecule has 0 unspecified atom stereocenters. The van der Waals surface area contributed by atoms with Crippen molar-refractivity contribution in [2.75, 3.05) is 0 Å². The first-order valence-corrected chi connectivity index (χ1v) is 29.4. The summed E-state index contributed by atoms with van der Waals surface area (Å²) >= 11 is 0. The first-order valence-electron chi connectivity index (χ1n) is 29.4. The zero-order valence-electron chi connectivity index (χ0n) is 47.0. The summed E-state index contributed by atoms with van der Waals surface area (Å²) in [6, 6.07) is 118. The molecule has 0 bridgehead atoms. The van der Waals surface area contributed by atoms with Gasteiger partial charge < -0.3 is 0 Å². The van der Waals surface area contributed by atoms with E-state index < -0.39 is 0 Å². The quantitative estimate of drug-likeness (QED) is 0.0903. The van der Waals surface area contributed by atoms with Crippen molar-refractivity contribution in [1.29, 1.82) is 0 Å². The molecule has 2 heterocycles. The van der Waals surface area contributed by atoms with E-state index in [1.165, 1.54) is 27.7 Å². The van der Waals surface area contributed by atoms with Crippen LogP contribution in [0.2, 0.25) is 0 Å². The molecule has 0 aliphatic carbocycles. The van der Waals surface area contributed by atoms with E-state index >= 15 is 0 Å². The Morgan fingerprint density at radius 3 is 0.721 bits per heavy atom. The summed E-state index contributed by atoms with van der Waals surface area (Å²) in [5.74, 6) is 1.75. The lowest BCUT2D eigenvalue weighted by molar-refractivity contribution is 1.11. The average molecular weight is 1100 g/mol. The molecule has 0 saturated heterocycles. The molecule has 0 radical (unpaired) electrons. The second-order valence-corrected chi connectivity index (χ2v) is 21.9. The second kappa shape index (κ2) is 21.4. The van der Waals surface area contributed by atoms with Gasteiger partial charge in [0.15, 0.2) is 0 Å². The Bertz CT molecular complexity index is 4770. The molecule has 2 aromatic heterocycles. The van der Waals surface area contributed by atoms with Crippen LogP contribution in [-0.2, 0) is 0 Å². The van der Waals surface area contributed by atoms with Crippen molar-refractivity contribution in [3.63, 3.8) is 0 Å². The largest absolute Gasteiger partial charge is 0.292 e. The minimum Gasteiger partial charge on any atom is -0.292 e. The van der Waals surface area contributed by atoms with E-state index in [2.05, 4.69) is 337 Å². The molecule has 0 spiro atoms. The van der Waals surface area contributed by atoms with E-state index in [-0.39, 0.29) is 0 Å². The van der Waals surface area contributed by atoms with E-state index in [1.807, 2.05) is 0 Å². The Balaban J connectivity index is 0.913. The Labute approximate surface area is 499 Å². The maximum Gasteiger partial charge on any atom is 0.145 e. The standard InChI is InChI=1S/C82H54N4/c1-9-27-55(28-10-1)71(56-29-11-2-12-30-56)73(59-35-17-5-18-36-59)61-47-51-63(52-48-61)81-83-77-67-43-25-44-68-75(67)76-69(79(77)85(81)65-39-21-7-22-40-65)45-26-46-70(76)80-78(68)84-82(86(80)66-41-23-8-24-42-66)64-53-49-62(50-54-64)74(60-37-19-6-20-38-60)72(57-31-13-3-14-32-57)58-33-15-4-16-34-58/h1-54H. The molecule has 86 heavy (non-hydrogen) atoms. The van der Waals surface area contributed by atoms with Crippen molar-refractivity contribution in [2.45, 2.75) is 0 Å². The highest BCUT2D eigenvalue weighted by Crippen LogP contribution is 2.48. The SMILES string of the molecule is c1ccc(C(=C(c2ccccc2)c2ccc(-c3nc4c5cccc6c7nc(-c8ccc(C(=C(c9ccccc9)c9ccccc9)c9ccccc9)cc8)n(-c8ccccc8)c7c7cccc(c7c56)c4n3-c3ccccc3)cc2)c2ccccc2)cc1. The summed E-state index contributed by atoms with van der Waals surface area (Å²) in [7, 11) is 0. The Kier molecular flexibility index (Phi) is 12.5. The van der Waals surface area contributed by atoms with Gasteiger partial charge in [-0.05, 0) is 91.1 Å². The van der Waals surface area contributed by atoms with Gasteiger partial charge in [0.25, 0.3) is 0 Å². The molecule has 14 aromatic carbocycles. The summed E-state index contributed by atoms with van der Waals surface area (Å²) in [6.45, 7) is 0. The van der Waals surface area contributed by atoms with Crippen molar-refractivity contribution in [2.24, 2.45) is 0 Å². The van der Waals surface area contributed by atoms with Crippen LogP contribution in [0, 0.1) is 0 Å². The Hall–Kier alpha value is -11.5. The van der Waals surface area contributed by atoms with Crippen LogP contribution in [0.25, 0.3) is 111 Å². The zero-order chi connectivity index (χ0) is 56.9. The first kappa shape index (κ1) is 50.3. The molecule has 0 saturated carbocycles. The van der Waals surface area contributed by atoms with Gasteiger partial charge in [-0.15, -0.1) is 0 Å². The van der Waals surface area contributed by atoms with Crippen LogP contribution in [0.3, 0.4) is 0 Å². The van der Waals surface area contributed by atoms with Crippen LogP contribution >= 0.6 is 0 Å².